The Labute approximate surface area is 310 Å². The molecule has 19 heteroatoms. The fourth-order valence-corrected chi connectivity index (χ4v) is 5.15. The molecule has 0 unspecified atom stereocenters. The summed E-state index contributed by atoms with van der Waals surface area (Å²) in [6.45, 7) is -0.443. The van der Waals surface area contributed by atoms with Crippen LogP contribution in [0.2, 0.25) is 5.02 Å². The number of hydrogen-bond donors (Lipinski definition) is 6. The Balaban J connectivity index is 1.17. The summed E-state index contributed by atoms with van der Waals surface area (Å²) >= 11 is 6.01. The normalized spacial score (nSPS) is 13.6. The highest BCUT2D eigenvalue weighted by molar-refractivity contribution is 6.35. The maximum atomic E-state index is 13.7. The molecule has 1 aliphatic rings. The standard InChI is InChI=1S/C35H33ClF4N8O6/c1-19-2-3-20(16-25(19)37)17-42-29(51)28(50)41-15-12-26(30(52)53)44-27(49)21-4-10-24(11-5-21)43-31-45-32(47-33(46-31)54-18-35(38,39)40)48-34(13-14-34)22-6-8-23(36)9-7-22/h2-11,16,26H,12-15,17-18H2,1H3,(H,41,50)(H,42,51)(H,44,49)(H,52,53)(H2,43,45,46,47,48)/t26-/m0/s1. The Morgan fingerprint density at radius 2 is 1.59 bits per heavy atom. The van der Waals surface area contributed by atoms with Crippen molar-refractivity contribution in [3.63, 3.8) is 0 Å². The first kappa shape index (κ1) is 39.2. The lowest BCUT2D eigenvalue weighted by Crippen LogP contribution is -2.45. The van der Waals surface area contributed by atoms with E-state index in [0.717, 1.165) is 5.56 Å². The maximum Gasteiger partial charge on any atom is 0.422 e. The van der Waals surface area contributed by atoms with E-state index >= 15 is 0 Å². The highest BCUT2D eigenvalue weighted by Crippen LogP contribution is 2.48. The molecule has 14 nitrogen and oxygen atoms in total. The quantitative estimate of drug-likeness (QED) is 0.0720. The van der Waals surface area contributed by atoms with E-state index in [1.54, 1.807) is 25.1 Å². The molecule has 54 heavy (non-hydrogen) atoms. The number of nitrogens with one attached hydrogen (secondary N) is 5. The maximum absolute atomic E-state index is 13.7. The topological polar surface area (TPSA) is 197 Å². The minimum absolute atomic E-state index is 0.0496. The van der Waals surface area contributed by atoms with Gasteiger partial charge in [0.25, 0.3) is 5.91 Å². The number of halogens is 5. The summed E-state index contributed by atoms with van der Waals surface area (Å²) in [6.07, 6.45) is -3.53. The molecule has 0 aliphatic heterocycles. The number of hydrogen-bond acceptors (Lipinski definition) is 10. The zero-order chi connectivity index (χ0) is 39.0. The second-order valence-electron chi connectivity index (χ2n) is 12.3. The molecule has 1 fully saturated rings. The molecule has 0 spiro atoms. The Kier molecular flexibility index (Phi) is 12.1. The van der Waals surface area contributed by atoms with Crippen LogP contribution in [0.1, 0.15) is 46.3 Å². The molecule has 5 rings (SSSR count). The zero-order valence-electron chi connectivity index (χ0n) is 28.4. The van der Waals surface area contributed by atoms with Crippen LogP contribution >= 0.6 is 11.6 Å². The molecule has 0 bridgehead atoms. The molecule has 1 saturated carbocycles. The number of aryl methyl sites for hydroxylation is 1. The number of carbonyl (C=O) groups excluding carboxylic acids is 3. The molecule has 1 atom stereocenters. The van der Waals surface area contributed by atoms with Gasteiger partial charge in [-0.3, -0.25) is 14.4 Å². The van der Waals surface area contributed by atoms with Crippen molar-refractivity contribution in [2.24, 2.45) is 0 Å². The predicted molar refractivity (Wildman–Crippen MR) is 187 cm³/mol. The van der Waals surface area contributed by atoms with Gasteiger partial charge in [0.15, 0.2) is 6.61 Å². The number of alkyl halides is 3. The molecule has 6 N–H and O–H groups in total. The molecule has 1 heterocycles. The van der Waals surface area contributed by atoms with Crippen molar-refractivity contribution < 1.29 is 46.6 Å². The highest BCUT2D eigenvalue weighted by Gasteiger charge is 2.45. The third-order valence-electron chi connectivity index (χ3n) is 8.10. The predicted octanol–water partition coefficient (Wildman–Crippen LogP) is 4.76. The van der Waals surface area contributed by atoms with Crippen LogP contribution in [0.4, 0.5) is 35.1 Å². The first-order chi connectivity index (χ1) is 25.6. The smallest absolute Gasteiger partial charge is 0.422 e. The van der Waals surface area contributed by atoms with Crippen LogP contribution in [0.15, 0.2) is 66.7 Å². The SMILES string of the molecule is Cc1ccc(CNC(=O)C(=O)NCC[C@H](NC(=O)c2ccc(Nc3nc(NC4(c5ccc(Cl)cc5)CC4)nc(OCC(F)(F)F)n3)cc2)C(=O)O)cc1F. The number of anilines is 3. The number of carboxylic acids is 1. The first-order valence-corrected chi connectivity index (χ1v) is 16.7. The van der Waals surface area contributed by atoms with Gasteiger partial charge in [-0.25, -0.2) is 9.18 Å². The summed E-state index contributed by atoms with van der Waals surface area (Å²) in [5.74, 6) is -4.91. The molecular weight excluding hydrogens is 740 g/mol. The van der Waals surface area contributed by atoms with Gasteiger partial charge in [0.2, 0.25) is 11.9 Å². The van der Waals surface area contributed by atoms with E-state index in [9.17, 15) is 41.8 Å². The first-order valence-electron chi connectivity index (χ1n) is 16.3. The number of aromatic nitrogens is 3. The lowest BCUT2D eigenvalue weighted by molar-refractivity contribution is -0.154. The number of rotatable bonds is 15. The summed E-state index contributed by atoms with van der Waals surface area (Å²) in [5.41, 5.74) is 1.52. The van der Waals surface area contributed by atoms with Gasteiger partial charge in [0, 0.05) is 29.4 Å². The third kappa shape index (κ3) is 11.0. The number of benzene rings is 3. The minimum Gasteiger partial charge on any atom is -0.480 e. The van der Waals surface area contributed by atoms with Crippen molar-refractivity contribution in [1.82, 2.24) is 30.9 Å². The van der Waals surface area contributed by atoms with Gasteiger partial charge in [-0.15, -0.1) is 0 Å². The van der Waals surface area contributed by atoms with Crippen molar-refractivity contribution in [3.8, 4) is 6.01 Å². The van der Waals surface area contributed by atoms with Crippen molar-refractivity contribution in [2.45, 2.75) is 50.5 Å². The fraction of sp³-hybridized carbons (Fsp3) is 0.286. The van der Waals surface area contributed by atoms with Gasteiger partial charge in [-0.2, -0.15) is 28.1 Å². The van der Waals surface area contributed by atoms with Crippen LogP contribution in [0.3, 0.4) is 0 Å². The molecule has 0 radical (unpaired) electrons. The van der Waals surface area contributed by atoms with Crippen molar-refractivity contribution >= 4 is 52.9 Å². The lowest BCUT2D eigenvalue weighted by atomic mass is 10.1. The number of aliphatic carboxylic acids is 1. The average molecular weight is 773 g/mol. The van der Waals surface area contributed by atoms with Crippen LogP contribution in [0.25, 0.3) is 0 Å². The average Bonchev–Trinajstić information content (AvgIpc) is 3.90. The minimum atomic E-state index is -4.65. The number of nitrogens with zero attached hydrogens (tertiary/aromatic N) is 3. The third-order valence-corrected chi connectivity index (χ3v) is 8.35. The van der Waals surface area contributed by atoms with Gasteiger partial charge >= 0.3 is 30.0 Å². The zero-order valence-corrected chi connectivity index (χ0v) is 29.1. The van der Waals surface area contributed by atoms with Gasteiger partial charge in [0.1, 0.15) is 11.9 Å². The number of amides is 3. The van der Waals surface area contributed by atoms with Crippen LogP contribution in [-0.4, -0.2) is 69.1 Å². The van der Waals surface area contributed by atoms with Gasteiger partial charge in [-0.05, 0) is 85.3 Å². The van der Waals surface area contributed by atoms with E-state index in [1.807, 2.05) is 12.1 Å². The van der Waals surface area contributed by atoms with E-state index < -0.39 is 59.9 Å². The molecule has 1 aliphatic carbocycles. The van der Waals surface area contributed by atoms with Crippen molar-refractivity contribution in [1.29, 1.82) is 0 Å². The Morgan fingerprint density at radius 1 is 0.926 bits per heavy atom. The fourth-order valence-electron chi connectivity index (χ4n) is 5.03. The van der Waals surface area contributed by atoms with Gasteiger partial charge < -0.3 is 36.4 Å². The Morgan fingerprint density at radius 3 is 2.22 bits per heavy atom. The molecule has 0 saturated heterocycles. The molecule has 1 aromatic heterocycles. The second-order valence-corrected chi connectivity index (χ2v) is 12.7. The van der Waals surface area contributed by atoms with E-state index in [1.165, 1.54) is 36.4 Å². The summed E-state index contributed by atoms with van der Waals surface area (Å²) in [4.78, 5) is 61.3. The second kappa shape index (κ2) is 16.7. The highest BCUT2D eigenvalue weighted by atomic mass is 35.5. The van der Waals surface area contributed by atoms with Crippen molar-refractivity contribution in [3.05, 3.63) is 99.8 Å². The Hall–Kier alpha value is -6.04. The van der Waals surface area contributed by atoms with Crippen molar-refractivity contribution in [2.75, 3.05) is 23.8 Å². The number of ether oxygens (including phenoxy) is 1. The summed E-state index contributed by atoms with van der Waals surface area (Å²) < 4.78 is 57.3. The molecule has 284 valence electrons. The molecule has 4 aromatic rings. The van der Waals surface area contributed by atoms with E-state index in [4.69, 9.17) is 16.3 Å². The van der Waals surface area contributed by atoms with Crippen LogP contribution < -0.4 is 31.3 Å². The molecule has 3 amide bonds. The van der Waals surface area contributed by atoms with Crippen LogP contribution in [0, 0.1) is 12.7 Å². The summed E-state index contributed by atoms with van der Waals surface area (Å²) in [5, 5.41) is 23.1. The van der Waals surface area contributed by atoms with E-state index in [2.05, 4.69) is 41.5 Å². The summed E-state index contributed by atoms with van der Waals surface area (Å²) in [7, 11) is 0. The number of carbonyl (C=O) groups is 4. The molecular formula is C35H33ClF4N8O6. The summed E-state index contributed by atoms with van der Waals surface area (Å²) in [6, 6.07) is 14.9. The van der Waals surface area contributed by atoms with Gasteiger partial charge in [0.05, 0.1) is 5.54 Å². The largest absolute Gasteiger partial charge is 0.480 e. The van der Waals surface area contributed by atoms with E-state index in [0.29, 0.717) is 34.7 Å². The van der Waals surface area contributed by atoms with Crippen LogP contribution in [-0.2, 0) is 26.5 Å². The molecule has 3 aromatic carbocycles. The Bertz CT molecular complexity index is 2010. The number of carboxylic acid groups (broad SMARTS) is 1. The lowest BCUT2D eigenvalue weighted by Gasteiger charge is -2.19. The monoisotopic (exact) mass is 772 g/mol. The van der Waals surface area contributed by atoms with E-state index in [-0.39, 0.29) is 37.0 Å². The van der Waals surface area contributed by atoms with Crippen LogP contribution in [0.5, 0.6) is 6.01 Å². The van der Waals surface area contributed by atoms with Gasteiger partial charge in [-0.1, -0.05) is 35.9 Å².